The van der Waals surface area contributed by atoms with Crippen molar-refractivity contribution in [2.75, 3.05) is 0 Å². The third kappa shape index (κ3) is 2.86. The Morgan fingerprint density at radius 2 is 1.71 bits per heavy atom. The number of hydrogen-bond donors (Lipinski definition) is 2. The highest BCUT2D eigenvalue weighted by Crippen LogP contribution is 2.36. The summed E-state index contributed by atoms with van der Waals surface area (Å²) in [4.78, 5) is 11.0. The van der Waals surface area contributed by atoms with Crippen LogP contribution in [-0.2, 0) is 10.2 Å². The quantitative estimate of drug-likeness (QED) is 0.842. The molecule has 0 spiro atoms. The number of aryl methyl sites for hydroxylation is 1. The van der Waals surface area contributed by atoms with Crippen LogP contribution in [-0.4, -0.2) is 16.6 Å². The number of aliphatic carboxylic acids is 1. The summed E-state index contributed by atoms with van der Waals surface area (Å²) in [5.74, 6) is -0.827. The Hall–Kier alpha value is -1.35. The van der Waals surface area contributed by atoms with Gasteiger partial charge in [0.2, 0.25) is 0 Å². The van der Waals surface area contributed by atoms with Gasteiger partial charge < -0.3 is 10.8 Å². The Morgan fingerprint density at radius 3 is 2.06 bits per heavy atom. The van der Waals surface area contributed by atoms with Crippen molar-refractivity contribution in [3.8, 4) is 0 Å². The number of carboxylic acids is 1. The van der Waals surface area contributed by atoms with Gasteiger partial charge in [0.05, 0.1) is 6.42 Å². The van der Waals surface area contributed by atoms with Crippen LogP contribution >= 0.6 is 0 Å². The van der Waals surface area contributed by atoms with Gasteiger partial charge in [0, 0.05) is 11.0 Å². The molecule has 0 aliphatic rings. The molecule has 1 aromatic rings. The summed E-state index contributed by atoms with van der Waals surface area (Å²) in [6, 6.07) is 7.90. The molecule has 1 aromatic carbocycles. The first-order valence-corrected chi connectivity index (χ1v) is 5.74. The lowest BCUT2D eigenvalue weighted by Gasteiger charge is -2.41. The average Bonchev–Trinajstić information content (AvgIpc) is 2.15. The van der Waals surface area contributed by atoms with Gasteiger partial charge in [-0.15, -0.1) is 0 Å². The Kier molecular flexibility index (Phi) is 3.62. The van der Waals surface area contributed by atoms with Gasteiger partial charge in [-0.05, 0) is 26.3 Å². The zero-order chi connectivity index (χ0) is 13.3. The summed E-state index contributed by atoms with van der Waals surface area (Å²) in [6.45, 7) is 7.66. The summed E-state index contributed by atoms with van der Waals surface area (Å²) in [7, 11) is 0. The Balaban J connectivity index is 3.24. The van der Waals surface area contributed by atoms with E-state index in [1.807, 2.05) is 52.0 Å². The minimum absolute atomic E-state index is 0.0273. The van der Waals surface area contributed by atoms with Gasteiger partial charge in [-0.25, -0.2) is 0 Å². The standard InChI is InChI=1S/C14H21NO2/c1-10-5-7-11(8-6-10)14(4,9-12(16)17)13(2,3)15/h5-8H,9,15H2,1-4H3,(H,16,17). The predicted molar refractivity (Wildman–Crippen MR) is 69.1 cm³/mol. The van der Waals surface area contributed by atoms with E-state index in [2.05, 4.69) is 0 Å². The SMILES string of the molecule is Cc1ccc(C(C)(CC(=O)O)C(C)(C)N)cc1. The number of rotatable bonds is 4. The average molecular weight is 235 g/mol. The molecule has 0 aromatic heterocycles. The zero-order valence-corrected chi connectivity index (χ0v) is 10.9. The lowest BCUT2D eigenvalue weighted by atomic mass is 9.66. The molecular formula is C14H21NO2. The summed E-state index contributed by atoms with van der Waals surface area (Å²) in [6.07, 6.45) is 0.0273. The molecule has 0 radical (unpaired) electrons. The van der Waals surface area contributed by atoms with Crippen molar-refractivity contribution in [3.63, 3.8) is 0 Å². The van der Waals surface area contributed by atoms with E-state index in [9.17, 15) is 4.79 Å². The molecular weight excluding hydrogens is 214 g/mol. The minimum Gasteiger partial charge on any atom is -0.481 e. The third-order valence-electron chi connectivity index (χ3n) is 3.62. The highest BCUT2D eigenvalue weighted by molar-refractivity contribution is 5.69. The molecule has 0 bridgehead atoms. The van der Waals surface area contributed by atoms with Crippen LogP contribution in [0.15, 0.2) is 24.3 Å². The molecule has 0 saturated heterocycles. The van der Waals surface area contributed by atoms with Crippen molar-refractivity contribution >= 4 is 5.97 Å². The largest absolute Gasteiger partial charge is 0.481 e. The third-order valence-corrected chi connectivity index (χ3v) is 3.62. The van der Waals surface area contributed by atoms with E-state index in [4.69, 9.17) is 10.8 Å². The normalized spacial score (nSPS) is 15.4. The van der Waals surface area contributed by atoms with E-state index in [0.29, 0.717) is 0 Å². The van der Waals surface area contributed by atoms with Crippen LogP contribution in [0.1, 0.15) is 38.3 Å². The van der Waals surface area contributed by atoms with Crippen molar-refractivity contribution in [3.05, 3.63) is 35.4 Å². The smallest absolute Gasteiger partial charge is 0.304 e. The second-order valence-electron chi connectivity index (χ2n) is 5.49. The van der Waals surface area contributed by atoms with E-state index in [-0.39, 0.29) is 6.42 Å². The second-order valence-corrected chi connectivity index (χ2v) is 5.49. The molecule has 1 unspecified atom stereocenters. The van der Waals surface area contributed by atoms with Crippen LogP contribution in [0.25, 0.3) is 0 Å². The summed E-state index contributed by atoms with van der Waals surface area (Å²) in [5.41, 5.74) is 7.12. The van der Waals surface area contributed by atoms with Gasteiger partial charge in [-0.2, -0.15) is 0 Å². The van der Waals surface area contributed by atoms with Crippen molar-refractivity contribution < 1.29 is 9.90 Å². The van der Waals surface area contributed by atoms with Crippen LogP contribution in [0, 0.1) is 6.92 Å². The molecule has 3 N–H and O–H groups in total. The number of carboxylic acid groups (broad SMARTS) is 1. The first-order chi connectivity index (χ1) is 7.67. The maximum absolute atomic E-state index is 11.0. The maximum atomic E-state index is 11.0. The Morgan fingerprint density at radius 1 is 1.24 bits per heavy atom. The van der Waals surface area contributed by atoms with Crippen molar-refractivity contribution in [1.82, 2.24) is 0 Å². The van der Waals surface area contributed by atoms with Crippen molar-refractivity contribution in [1.29, 1.82) is 0 Å². The molecule has 17 heavy (non-hydrogen) atoms. The van der Waals surface area contributed by atoms with Gasteiger partial charge in [-0.3, -0.25) is 4.79 Å². The lowest BCUT2D eigenvalue weighted by molar-refractivity contribution is -0.139. The number of carbonyl (C=O) groups is 1. The monoisotopic (exact) mass is 235 g/mol. The lowest BCUT2D eigenvalue weighted by Crippen LogP contribution is -2.53. The highest BCUT2D eigenvalue weighted by Gasteiger charge is 2.41. The second kappa shape index (κ2) is 4.49. The van der Waals surface area contributed by atoms with Crippen LogP contribution < -0.4 is 5.73 Å². The van der Waals surface area contributed by atoms with Gasteiger partial charge in [-0.1, -0.05) is 36.8 Å². The predicted octanol–water partition coefficient (Wildman–Crippen LogP) is 2.46. The molecule has 1 rings (SSSR count). The van der Waals surface area contributed by atoms with Crippen LogP contribution in [0.2, 0.25) is 0 Å². The molecule has 0 aliphatic heterocycles. The summed E-state index contributed by atoms with van der Waals surface area (Å²) in [5, 5.41) is 9.07. The van der Waals surface area contributed by atoms with E-state index in [1.54, 1.807) is 0 Å². The maximum Gasteiger partial charge on any atom is 0.304 e. The van der Waals surface area contributed by atoms with Gasteiger partial charge >= 0.3 is 5.97 Å². The van der Waals surface area contributed by atoms with Crippen LogP contribution in [0.4, 0.5) is 0 Å². The van der Waals surface area contributed by atoms with Crippen LogP contribution in [0.5, 0.6) is 0 Å². The van der Waals surface area contributed by atoms with E-state index in [1.165, 1.54) is 0 Å². The van der Waals surface area contributed by atoms with Crippen molar-refractivity contribution in [2.24, 2.45) is 5.73 Å². The molecule has 0 heterocycles. The fourth-order valence-corrected chi connectivity index (χ4v) is 1.93. The van der Waals surface area contributed by atoms with Crippen LogP contribution in [0.3, 0.4) is 0 Å². The molecule has 94 valence electrons. The number of benzene rings is 1. The van der Waals surface area contributed by atoms with Crippen molar-refractivity contribution in [2.45, 2.75) is 45.1 Å². The molecule has 3 nitrogen and oxygen atoms in total. The first kappa shape index (κ1) is 13.7. The molecule has 0 saturated carbocycles. The topological polar surface area (TPSA) is 63.3 Å². The van der Waals surface area contributed by atoms with Gasteiger partial charge in [0.15, 0.2) is 0 Å². The van der Waals surface area contributed by atoms with E-state index in [0.717, 1.165) is 11.1 Å². The zero-order valence-electron chi connectivity index (χ0n) is 10.9. The molecule has 0 fully saturated rings. The van der Waals surface area contributed by atoms with E-state index >= 15 is 0 Å². The Bertz CT molecular complexity index is 403. The molecule has 1 atom stereocenters. The highest BCUT2D eigenvalue weighted by atomic mass is 16.4. The first-order valence-electron chi connectivity index (χ1n) is 5.74. The minimum atomic E-state index is -0.827. The summed E-state index contributed by atoms with van der Waals surface area (Å²) >= 11 is 0. The summed E-state index contributed by atoms with van der Waals surface area (Å²) < 4.78 is 0. The number of nitrogens with two attached hydrogens (primary N) is 1. The Labute approximate surface area is 103 Å². The molecule has 0 amide bonds. The fraction of sp³-hybridized carbons (Fsp3) is 0.500. The molecule has 0 aliphatic carbocycles. The number of hydrogen-bond acceptors (Lipinski definition) is 2. The van der Waals surface area contributed by atoms with Gasteiger partial charge in [0.1, 0.15) is 0 Å². The van der Waals surface area contributed by atoms with Gasteiger partial charge in [0.25, 0.3) is 0 Å². The van der Waals surface area contributed by atoms with E-state index < -0.39 is 16.9 Å². The fourth-order valence-electron chi connectivity index (χ4n) is 1.93. The molecule has 3 heteroatoms.